The summed E-state index contributed by atoms with van der Waals surface area (Å²) in [7, 11) is 0. The van der Waals surface area contributed by atoms with Crippen molar-refractivity contribution in [3.8, 4) is 5.75 Å². The van der Waals surface area contributed by atoms with E-state index in [4.69, 9.17) is 0 Å². The van der Waals surface area contributed by atoms with Gasteiger partial charge < -0.3 is 10.1 Å². The highest BCUT2D eigenvalue weighted by molar-refractivity contribution is 5.75. The second-order valence-corrected chi connectivity index (χ2v) is 6.81. The third-order valence-electron chi connectivity index (χ3n) is 4.97. The summed E-state index contributed by atoms with van der Waals surface area (Å²) in [5, 5.41) is 9.43. The molecule has 2 N–H and O–H groups in total. The largest absolute Gasteiger partial charge is 0.508 e. The number of H-pyrrole nitrogens is 1. The number of benzene rings is 1. The molecule has 0 aliphatic heterocycles. The molecule has 0 bridgehead atoms. The number of fused-ring (bicyclic) bond motifs is 1. The first kappa shape index (κ1) is 15.1. The molecule has 4 heteroatoms. The molecule has 118 valence electrons. The molecule has 1 fully saturated rings. The van der Waals surface area contributed by atoms with Crippen molar-refractivity contribution in [1.82, 2.24) is 9.97 Å². The van der Waals surface area contributed by atoms with Gasteiger partial charge in [-0.1, -0.05) is 26.7 Å². The van der Waals surface area contributed by atoms with Crippen LogP contribution >= 0.6 is 0 Å². The lowest BCUT2D eigenvalue weighted by Gasteiger charge is -2.10. The van der Waals surface area contributed by atoms with Gasteiger partial charge in [-0.25, -0.2) is 4.98 Å². The number of unbranched alkanes of at least 4 members (excludes halogenated alkanes) is 1. The van der Waals surface area contributed by atoms with E-state index >= 15 is 0 Å². The zero-order chi connectivity index (χ0) is 15.7. The summed E-state index contributed by atoms with van der Waals surface area (Å²) in [6.45, 7) is 4.68. The van der Waals surface area contributed by atoms with Crippen LogP contribution in [0.15, 0.2) is 23.0 Å². The molecule has 0 radical (unpaired) electrons. The van der Waals surface area contributed by atoms with E-state index in [9.17, 15) is 9.90 Å². The number of phenols is 1. The molecule has 0 amide bonds. The van der Waals surface area contributed by atoms with Crippen LogP contribution in [0.5, 0.6) is 5.75 Å². The number of hydrogen-bond donors (Lipinski definition) is 2. The van der Waals surface area contributed by atoms with Crippen LogP contribution in [0.3, 0.4) is 0 Å². The summed E-state index contributed by atoms with van der Waals surface area (Å²) in [5.41, 5.74) is 1.78. The first-order chi connectivity index (χ1) is 10.5. The van der Waals surface area contributed by atoms with Crippen LogP contribution in [0.4, 0.5) is 0 Å². The molecule has 0 saturated heterocycles. The van der Waals surface area contributed by atoms with Crippen molar-refractivity contribution < 1.29 is 5.11 Å². The van der Waals surface area contributed by atoms with Crippen molar-refractivity contribution in [2.24, 2.45) is 17.8 Å². The van der Waals surface area contributed by atoms with E-state index in [2.05, 4.69) is 23.8 Å². The number of aromatic hydroxyl groups is 1. The lowest BCUT2D eigenvalue weighted by Crippen LogP contribution is -2.15. The molecular weight excluding hydrogens is 276 g/mol. The van der Waals surface area contributed by atoms with Gasteiger partial charge in [0.15, 0.2) is 0 Å². The molecule has 1 aromatic carbocycles. The molecular formula is C18H24N2O2. The fraction of sp³-hybridized carbons (Fsp3) is 0.556. The van der Waals surface area contributed by atoms with E-state index < -0.39 is 0 Å². The standard InChI is InChI=1S/C18H24N2O2/c1-11(14-9-12(14)2)5-3-4-6-16-18(22)20-17-10-13(21)7-8-15(17)19-16/h7-8,10-12,14,21H,3-6,9H2,1-2H3,(H,20,22). The third-order valence-corrected chi connectivity index (χ3v) is 4.97. The number of nitrogens with zero attached hydrogens (tertiary/aromatic N) is 1. The van der Waals surface area contributed by atoms with Gasteiger partial charge >= 0.3 is 0 Å². The van der Waals surface area contributed by atoms with E-state index in [1.165, 1.54) is 18.9 Å². The monoisotopic (exact) mass is 300 g/mol. The molecule has 2 aromatic rings. The number of aryl methyl sites for hydroxylation is 1. The summed E-state index contributed by atoms with van der Waals surface area (Å²) in [5.74, 6) is 2.79. The Morgan fingerprint density at radius 2 is 2.18 bits per heavy atom. The van der Waals surface area contributed by atoms with Crippen LogP contribution < -0.4 is 5.56 Å². The van der Waals surface area contributed by atoms with Crippen LogP contribution in [0.2, 0.25) is 0 Å². The Labute approximate surface area is 130 Å². The van der Waals surface area contributed by atoms with E-state index in [0.29, 0.717) is 11.2 Å². The summed E-state index contributed by atoms with van der Waals surface area (Å²) < 4.78 is 0. The molecule has 1 heterocycles. The normalized spacial score (nSPS) is 21.9. The van der Waals surface area contributed by atoms with Gasteiger partial charge in [0.25, 0.3) is 5.56 Å². The topological polar surface area (TPSA) is 66.0 Å². The van der Waals surface area contributed by atoms with Gasteiger partial charge in [0.05, 0.1) is 11.0 Å². The first-order valence-corrected chi connectivity index (χ1v) is 8.26. The Hall–Kier alpha value is -1.84. The molecule has 3 unspecified atom stereocenters. The zero-order valence-electron chi connectivity index (χ0n) is 13.3. The van der Waals surface area contributed by atoms with Crippen molar-refractivity contribution in [3.63, 3.8) is 0 Å². The second-order valence-electron chi connectivity index (χ2n) is 6.81. The number of phenolic OH excluding ortho intramolecular Hbond substituents is 1. The Bertz CT molecular complexity index is 723. The number of nitrogens with one attached hydrogen (secondary N) is 1. The molecule has 1 aromatic heterocycles. The van der Waals surface area contributed by atoms with Crippen LogP contribution in [0, 0.1) is 17.8 Å². The van der Waals surface area contributed by atoms with Gasteiger partial charge in [-0.15, -0.1) is 0 Å². The maximum Gasteiger partial charge on any atom is 0.270 e. The second kappa shape index (κ2) is 6.11. The Morgan fingerprint density at radius 1 is 1.41 bits per heavy atom. The lowest BCUT2D eigenvalue weighted by atomic mass is 9.97. The molecule has 1 saturated carbocycles. The first-order valence-electron chi connectivity index (χ1n) is 8.26. The zero-order valence-corrected chi connectivity index (χ0v) is 13.3. The van der Waals surface area contributed by atoms with Crippen molar-refractivity contribution in [2.75, 3.05) is 0 Å². The molecule has 22 heavy (non-hydrogen) atoms. The van der Waals surface area contributed by atoms with Gasteiger partial charge in [0.1, 0.15) is 11.4 Å². The Morgan fingerprint density at radius 3 is 2.91 bits per heavy atom. The highest BCUT2D eigenvalue weighted by Gasteiger charge is 2.36. The van der Waals surface area contributed by atoms with Crippen molar-refractivity contribution in [2.45, 2.75) is 46.0 Å². The van der Waals surface area contributed by atoms with Crippen molar-refractivity contribution in [1.29, 1.82) is 0 Å². The van der Waals surface area contributed by atoms with E-state index in [-0.39, 0.29) is 11.3 Å². The third kappa shape index (κ3) is 3.32. The fourth-order valence-electron chi connectivity index (χ4n) is 3.40. The predicted molar refractivity (Wildman–Crippen MR) is 88.0 cm³/mol. The van der Waals surface area contributed by atoms with Crippen LogP contribution in [-0.2, 0) is 6.42 Å². The highest BCUT2D eigenvalue weighted by Crippen LogP contribution is 2.45. The average molecular weight is 300 g/mol. The molecule has 1 aliphatic rings. The van der Waals surface area contributed by atoms with Crippen LogP contribution in [-0.4, -0.2) is 15.1 Å². The SMILES string of the molecule is CC(CCCCc1nc2ccc(O)cc2[nH]c1=O)C1CC1C. The molecule has 3 atom stereocenters. The number of rotatable bonds is 6. The number of aromatic nitrogens is 2. The Balaban J connectivity index is 1.58. The summed E-state index contributed by atoms with van der Waals surface area (Å²) in [6.07, 6.45) is 5.51. The van der Waals surface area contributed by atoms with Crippen molar-refractivity contribution in [3.05, 3.63) is 34.2 Å². The highest BCUT2D eigenvalue weighted by atomic mass is 16.3. The summed E-state index contributed by atoms with van der Waals surface area (Å²) in [6, 6.07) is 4.86. The number of hydrogen-bond acceptors (Lipinski definition) is 3. The summed E-state index contributed by atoms with van der Waals surface area (Å²) >= 11 is 0. The quantitative estimate of drug-likeness (QED) is 0.801. The van der Waals surface area contributed by atoms with Crippen LogP contribution in [0.1, 0.15) is 45.2 Å². The predicted octanol–water partition coefficient (Wildman–Crippen LogP) is 3.63. The van der Waals surface area contributed by atoms with Gasteiger partial charge in [-0.05, 0) is 49.1 Å². The lowest BCUT2D eigenvalue weighted by molar-refractivity contribution is 0.428. The molecule has 0 spiro atoms. The minimum Gasteiger partial charge on any atom is -0.508 e. The fourth-order valence-corrected chi connectivity index (χ4v) is 3.40. The number of aromatic amines is 1. The summed E-state index contributed by atoms with van der Waals surface area (Å²) in [4.78, 5) is 19.3. The van der Waals surface area contributed by atoms with Gasteiger partial charge in [-0.3, -0.25) is 4.79 Å². The van der Waals surface area contributed by atoms with E-state index in [1.54, 1.807) is 12.1 Å². The minimum absolute atomic E-state index is 0.137. The van der Waals surface area contributed by atoms with E-state index in [0.717, 1.165) is 42.5 Å². The maximum absolute atomic E-state index is 12.0. The van der Waals surface area contributed by atoms with Crippen molar-refractivity contribution >= 4 is 11.0 Å². The maximum atomic E-state index is 12.0. The smallest absolute Gasteiger partial charge is 0.270 e. The van der Waals surface area contributed by atoms with Gasteiger partial charge in [0, 0.05) is 6.07 Å². The van der Waals surface area contributed by atoms with Gasteiger partial charge in [0.2, 0.25) is 0 Å². The minimum atomic E-state index is -0.137. The van der Waals surface area contributed by atoms with Gasteiger partial charge in [-0.2, -0.15) is 0 Å². The molecule has 1 aliphatic carbocycles. The van der Waals surface area contributed by atoms with E-state index in [1.807, 2.05) is 0 Å². The Kier molecular flexibility index (Phi) is 4.19. The average Bonchev–Trinajstić information content (AvgIpc) is 3.21. The van der Waals surface area contributed by atoms with Crippen LogP contribution in [0.25, 0.3) is 11.0 Å². The molecule has 3 rings (SSSR count). The molecule has 4 nitrogen and oxygen atoms in total.